The van der Waals surface area contributed by atoms with E-state index < -0.39 is 20.5 Å². The molecule has 0 radical (unpaired) electrons. The Hall–Kier alpha value is -4.71. The second-order valence-corrected chi connectivity index (χ2v) is 21.5. The SMILES string of the molecule is Cc1c(-c2ccc(N3CCc4cccc(C(=O)Nc5nc6ccccc6s5)c4C3)nc2P(C)OCc2ccc(OC3OCCC[C@@H]3O)cc2)cnn1CC12CC3CC(CC(C3)C1)C2. The molecule has 6 aliphatic rings. The van der Waals surface area contributed by atoms with Crippen LogP contribution in [0.4, 0.5) is 10.9 Å². The number of anilines is 2. The topological polar surface area (TPSA) is 124 Å². The molecule has 3 atom stereocenters. The number of benzene rings is 3. The molecule has 1 saturated heterocycles. The highest BCUT2D eigenvalue weighted by atomic mass is 32.1. The molecule has 2 unspecified atom stereocenters. The number of rotatable bonds is 12. The van der Waals surface area contributed by atoms with Gasteiger partial charge in [-0.3, -0.25) is 14.8 Å². The highest BCUT2D eigenvalue weighted by Crippen LogP contribution is 2.60. The van der Waals surface area contributed by atoms with E-state index >= 15 is 0 Å². The highest BCUT2D eigenvalue weighted by molar-refractivity contribution is 7.60. The van der Waals surface area contributed by atoms with Crippen LogP contribution in [0.5, 0.6) is 5.75 Å². The second-order valence-electron chi connectivity index (χ2n) is 18.8. The lowest BCUT2D eigenvalue weighted by molar-refractivity contribution is -0.170. The summed E-state index contributed by atoms with van der Waals surface area (Å²) < 4.78 is 21.7. The molecule has 326 valence electrons. The number of amides is 1. The fourth-order valence-corrected chi connectivity index (χ4v) is 13.8. The van der Waals surface area contributed by atoms with Crippen molar-refractivity contribution in [3.8, 4) is 16.9 Å². The molecule has 2 N–H and O–H groups in total. The van der Waals surface area contributed by atoms with Crippen LogP contribution < -0.4 is 20.4 Å². The molecule has 12 rings (SSSR count). The third kappa shape index (κ3) is 8.30. The highest BCUT2D eigenvalue weighted by Gasteiger charge is 2.51. The van der Waals surface area contributed by atoms with Crippen LogP contribution in [-0.4, -0.2) is 63.0 Å². The minimum absolute atomic E-state index is 0.150. The van der Waals surface area contributed by atoms with E-state index in [0.717, 1.165) is 87.4 Å². The van der Waals surface area contributed by atoms with Gasteiger partial charge in [-0.25, -0.2) is 9.97 Å². The van der Waals surface area contributed by atoms with Crippen molar-refractivity contribution in [1.29, 1.82) is 0 Å². The molecule has 11 nitrogen and oxygen atoms in total. The smallest absolute Gasteiger partial charge is 0.257 e. The van der Waals surface area contributed by atoms with Gasteiger partial charge in [0.1, 0.15) is 23.1 Å². The number of fused-ring (bicyclic) bond motifs is 2. The van der Waals surface area contributed by atoms with Crippen molar-refractivity contribution in [3.05, 3.63) is 113 Å². The number of thiazole rings is 1. The van der Waals surface area contributed by atoms with Gasteiger partial charge in [-0.05, 0) is 154 Å². The first-order chi connectivity index (χ1) is 30.7. The first kappa shape index (κ1) is 41.0. The monoisotopic (exact) mass is 882 g/mol. The van der Waals surface area contributed by atoms with Crippen LogP contribution in [0.15, 0.2) is 85.1 Å². The number of ether oxygens (including phenoxy) is 2. The van der Waals surface area contributed by atoms with E-state index in [1.807, 2.05) is 60.7 Å². The number of aromatic nitrogens is 4. The van der Waals surface area contributed by atoms with E-state index in [1.54, 1.807) is 0 Å². The van der Waals surface area contributed by atoms with Crippen molar-refractivity contribution < 1.29 is 23.9 Å². The van der Waals surface area contributed by atoms with Crippen molar-refractivity contribution in [2.75, 3.05) is 30.0 Å². The molecular weight excluding hydrogens is 828 g/mol. The second kappa shape index (κ2) is 17.0. The van der Waals surface area contributed by atoms with Crippen LogP contribution in [0.2, 0.25) is 0 Å². The Morgan fingerprint density at radius 2 is 1.76 bits per heavy atom. The molecule has 3 aromatic carbocycles. The van der Waals surface area contributed by atoms with Crippen molar-refractivity contribution in [2.45, 2.75) is 96.8 Å². The van der Waals surface area contributed by atoms with Gasteiger partial charge < -0.3 is 24.0 Å². The normalized spacial score (nSPS) is 25.6. The summed E-state index contributed by atoms with van der Waals surface area (Å²) in [5.41, 5.74) is 9.41. The maximum absolute atomic E-state index is 13.9. The fraction of sp³-hybridized carbons (Fsp3) is 0.440. The van der Waals surface area contributed by atoms with E-state index in [9.17, 15) is 9.90 Å². The van der Waals surface area contributed by atoms with E-state index in [2.05, 4.69) is 57.9 Å². The van der Waals surface area contributed by atoms with E-state index in [-0.39, 0.29) is 5.91 Å². The number of hydrogen-bond acceptors (Lipinski definition) is 10. The average molecular weight is 883 g/mol. The predicted molar refractivity (Wildman–Crippen MR) is 249 cm³/mol. The van der Waals surface area contributed by atoms with Crippen molar-refractivity contribution >= 4 is 52.0 Å². The molecule has 3 aromatic heterocycles. The summed E-state index contributed by atoms with van der Waals surface area (Å²) in [4.78, 5) is 26.3. The molecule has 0 spiro atoms. The molecule has 6 aromatic rings. The van der Waals surface area contributed by atoms with Crippen LogP contribution in [0.1, 0.15) is 84.1 Å². The first-order valence-corrected chi connectivity index (χ1v) is 25.2. The van der Waals surface area contributed by atoms with Gasteiger partial charge in [-0.2, -0.15) is 5.10 Å². The standard InChI is InChI=1S/C50H55N6O5PS/c1-31-40(27-51-56(31)30-50-24-33-21-34(25-50)23-35(22-33)26-50)39-16-17-45(53-47(39)62(2)60-29-32-12-14-37(15-13-32)61-48-43(57)10-6-20-59-48)55-19-18-36-7-5-8-38(41(36)28-55)46(58)54-49-52-42-9-3-4-11-44(42)63-49/h3-5,7-9,11-17,27,33-35,43,48,57H,6,10,18-26,28-30H2,1-2H3,(H,52,54,58)/t33?,34?,35?,43-,48?,50?,62?/m0/s1. The van der Waals surface area contributed by atoms with Crippen LogP contribution in [0, 0.1) is 30.1 Å². The zero-order chi connectivity index (χ0) is 42.7. The predicted octanol–water partition coefficient (Wildman–Crippen LogP) is 9.64. The number of nitrogens with one attached hydrogen (secondary N) is 1. The number of carbonyl (C=O) groups is 1. The summed E-state index contributed by atoms with van der Waals surface area (Å²) in [5, 5.41) is 19.1. The Morgan fingerprint density at radius 3 is 2.54 bits per heavy atom. The van der Waals surface area contributed by atoms with Gasteiger partial charge in [-0.1, -0.05) is 47.7 Å². The van der Waals surface area contributed by atoms with Gasteiger partial charge in [-0.15, -0.1) is 0 Å². The molecule has 63 heavy (non-hydrogen) atoms. The Morgan fingerprint density at radius 1 is 0.968 bits per heavy atom. The number of aliphatic hydroxyl groups is 1. The average Bonchev–Trinajstić information content (AvgIpc) is 3.87. The molecule has 4 aliphatic carbocycles. The number of pyridine rings is 1. The minimum atomic E-state index is -1.17. The van der Waals surface area contributed by atoms with Crippen LogP contribution in [0.25, 0.3) is 21.3 Å². The number of nitrogens with zero attached hydrogens (tertiary/aromatic N) is 5. The molecule has 4 bridgehead atoms. The Bertz CT molecular complexity index is 2580. The van der Waals surface area contributed by atoms with Crippen molar-refractivity contribution in [1.82, 2.24) is 19.7 Å². The maximum atomic E-state index is 13.9. The Balaban J connectivity index is 0.861. The van der Waals surface area contributed by atoms with Gasteiger partial charge in [0.05, 0.1) is 37.8 Å². The van der Waals surface area contributed by atoms with Crippen molar-refractivity contribution in [2.24, 2.45) is 23.2 Å². The molecule has 5 heterocycles. The lowest BCUT2D eigenvalue weighted by Gasteiger charge is -2.56. The number of hydrogen-bond donors (Lipinski definition) is 2. The summed E-state index contributed by atoms with van der Waals surface area (Å²) in [6.45, 7) is 7.70. The summed E-state index contributed by atoms with van der Waals surface area (Å²) in [6.07, 6.45) is 11.4. The van der Waals surface area contributed by atoms with Gasteiger partial charge in [0.2, 0.25) is 6.29 Å². The van der Waals surface area contributed by atoms with Gasteiger partial charge in [0.15, 0.2) is 5.13 Å². The molecule has 5 fully saturated rings. The zero-order valence-corrected chi connectivity index (χ0v) is 37.8. The third-order valence-corrected chi connectivity index (χ3v) is 16.8. The van der Waals surface area contributed by atoms with Crippen molar-refractivity contribution in [3.63, 3.8) is 0 Å². The van der Waals surface area contributed by atoms with Gasteiger partial charge >= 0.3 is 0 Å². The van der Waals surface area contributed by atoms with Gasteiger partial charge in [0, 0.05) is 42.0 Å². The van der Waals surface area contributed by atoms with Crippen LogP contribution >= 0.6 is 19.5 Å². The number of carbonyl (C=O) groups excluding carboxylic acids is 1. The summed E-state index contributed by atoms with van der Waals surface area (Å²) in [5.74, 6) is 4.05. The lowest BCUT2D eigenvalue weighted by Crippen LogP contribution is -2.48. The summed E-state index contributed by atoms with van der Waals surface area (Å²) in [7, 11) is -1.17. The van der Waals surface area contributed by atoms with Gasteiger partial charge in [0.25, 0.3) is 5.91 Å². The maximum Gasteiger partial charge on any atom is 0.257 e. The zero-order valence-electron chi connectivity index (χ0n) is 36.0. The fourth-order valence-electron chi connectivity index (χ4n) is 11.7. The molecule has 4 saturated carbocycles. The Kier molecular flexibility index (Phi) is 11.1. The van der Waals surface area contributed by atoms with Crippen LogP contribution in [-0.2, 0) is 35.4 Å². The van der Waals surface area contributed by atoms with E-state index in [4.69, 9.17) is 24.1 Å². The first-order valence-electron chi connectivity index (χ1n) is 22.7. The van der Waals surface area contributed by atoms with E-state index in [1.165, 1.54) is 61.1 Å². The molecule has 2 aliphatic heterocycles. The quantitative estimate of drug-likeness (QED) is 0.116. The number of para-hydroxylation sites is 1. The molecular formula is C50H55N6O5PS. The summed E-state index contributed by atoms with van der Waals surface area (Å²) in [6, 6.07) is 26.2. The molecule has 1 amide bonds. The van der Waals surface area contributed by atoms with E-state index in [0.29, 0.717) is 48.0 Å². The number of aliphatic hydroxyl groups excluding tert-OH is 1. The molecule has 13 heteroatoms. The third-order valence-electron chi connectivity index (χ3n) is 14.4. The summed E-state index contributed by atoms with van der Waals surface area (Å²) >= 11 is 1.49. The minimum Gasteiger partial charge on any atom is -0.462 e. The lowest BCUT2D eigenvalue weighted by atomic mass is 9.49. The Labute approximate surface area is 374 Å². The largest absolute Gasteiger partial charge is 0.462 e. The van der Waals surface area contributed by atoms with Crippen LogP contribution in [0.3, 0.4) is 0 Å².